The largest absolute Gasteiger partial charge is 0.494 e. The number of carbonyl (C=O) groups excluding carboxylic acids is 2. The molecule has 0 saturated heterocycles. The maximum absolute atomic E-state index is 12.8. The predicted octanol–water partition coefficient (Wildman–Crippen LogP) is 4.16. The quantitative estimate of drug-likeness (QED) is 0.300. The number of benzene rings is 2. The van der Waals surface area contributed by atoms with Crippen molar-refractivity contribution in [3.05, 3.63) is 71.7 Å². The summed E-state index contributed by atoms with van der Waals surface area (Å²) in [5, 5.41) is 19.4. The number of hydrogen-bond donors (Lipinski definition) is 3. The van der Waals surface area contributed by atoms with Crippen LogP contribution in [0.1, 0.15) is 38.8 Å². The second kappa shape index (κ2) is 10.9. The lowest BCUT2D eigenvalue weighted by Crippen LogP contribution is -2.22. The SMILES string of the molecule is [2H]C([2H])([2H])NC(=O)c1nnc(NC(=O)C2CC2)cc1Nc1cccc(-c2nc(/C=C/c3ccccc3)no2)c1OC. The Bertz CT molecular complexity index is 1600. The van der Waals surface area contributed by atoms with Crippen LogP contribution in [0.4, 0.5) is 17.2 Å². The van der Waals surface area contributed by atoms with E-state index in [0.29, 0.717) is 22.8 Å². The minimum Gasteiger partial charge on any atom is -0.494 e. The molecule has 0 bridgehead atoms. The number of carbonyl (C=O) groups is 2. The van der Waals surface area contributed by atoms with Gasteiger partial charge in [-0.25, -0.2) is 0 Å². The lowest BCUT2D eigenvalue weighted by molar-refractivity contribution is -0.117. The van der Waals surface area contributed by atoms with E-state index in [1.807, 2.05) is 41.7 Å². The van der Waals surface area contributed by atoms with Crippen LogP contribution < -0.4 is 20.7 Å². The van der Waals surface area contributed by atoms with E-state index in [2.05, 4.69) is 31.0 Å². The Balaban J connectivity index is 1.46. The minimum absolute atomic E-state index is 0.0836. The molecule has 1 aliphatic rings. The van der Waals surface area contributed by atoms with Gasteiger partial charge in [-0.3, -0.25) is 9.59 Å². The fraction of sp³-hybridized carbons (Fsp3) is 0.185. The van der Waals surface area contributed by atoms with Gasteiger partial charge in [0.25, 0.3) is 11.8 Å². The van der Waals surface area contributed by atoms with Crippen LogP contribution in [0.5, 0.6) is 5.75 Å². The van der Waals surface area contributed by atoms with Gasteiger partial charge in [-0.1, -0.05) is 47.6 Å². The highest BCUT2D eigenvalue weighted by atomic mass is 16.5. The van der Waals surface area contributed by atoms with Gasteiger partial charge in [0.2, 0.25) is 5.91 Å². The van der Waals surface area contributed by atoms with E-state index < -0.39 is 12.9 Å². The number of para-hydroxylation sites is 1. The molecule has 0 radical (unpaired) electrons. The molecule has 3 N–H and O–H groups in total. The van der Waals surface area contributed by atoms with Crippen LogP contribution in [0.25, 0.3) is 23.6 Å². The number of amides is 2. The van der Waals surface area contributed by atoms with Crippen LogP contribution >= 0.6 is 0 Å². The van der Waals surface area contributed by atoms with Gasteiger partial charge in [0.15, 0.2) is 23.1 Å². The minimum atomic E-state index is -2.75. The predicted molar refractivity (Wildman–Crippen MR) is 142 cm³/mol. The first-order chi connectivity index (χ1) is 19.7. The van der Waals surface area contributed by atoms with Crippen molar-refractivity contribution < 1.29 is 23.0 Å². The van der Waals surface area contributed by atoms with E-state index in [-0.39, 0.29) is 34.9 Å². The van der Waals surface area contributed by atoms with E-state index >= 15 is 0 Å². The van der Waals surface area contributed by atoms with Crippen molar-refractivity contribution in [3.63, 3.8) is 0 Å². The summed E-state index contributed by atoms with van der Waals surface area (Å²) in [5.74, 6) is -0.356. The van der Waals surface area contributed by atoms with Gasteiger partial charge >= 0.3 is 0 Å². The highest BCUT2D eigenvalue weighted by Crippen LogP contribution is 2.38. The Morgan fingerprint density at radius 2 is 1.92 bits per heavy atom. The Labute approximate surface area is 222 Å². The number of aromatic nitrogens is 4. The summed E-state index contributed by atoms with van der Waals surface area (Å²) in [5.41, 5.74) is 1.59. The summed E-state index contributed by atoms with van der Waals surface area (Å²) >= 11 is 0. The van der Waals surface area contributed by atoms with Crippen LogP contribution in [-0.4, -0.2) is 46.2 Å². The Kier molecular flexibility index (Phi) is 6.05. The van der Waals surface area contributed by atoms with Crippen LogP contribution in [0.2, 0.25) is 0 Å². The summed E-state index contributed by atoms with van der Waals surface area (Å²) < 4.78 is 33.3. The summed E-state index contributed by atoms with van der Waals surface area (Å²) in [4.78, 5) is 29.5. The molecule has 1 fully saturated rings. The zero-order valence-corrected chi connectivity index (χ0v) is 20.3. The van der Waals surface area contributed by atoms with Crippen molar-refractivity contribution in [2.24, 2.45) is 5.92 Å². The third-order valence-corrected chi connectivity index (χ3v) is 5.71. The standard InChI is InChI=1S/C27H25N7O4/c1-28-26(36)23-20(15-22(32-33-23)30-25(35)17-12-13-17)29-19-10-6-9-18(24(19)37-2)27-31-21(34-38-27)14-11-16-7-4-3-5-8-16/h3-11,14-15,17H,12-13H2,1-2H3,(H,28,36)(H2,29,30,32,35)/b14-11+/i1D3. The van der Waals surface area contributed by atoms with Crippen molar-refractivity contribution in [2.75, 3.05) is 24.7 Å². The molecule has 1 saturated carbocycles. The fourth-order valence-electron chi connectivity index (χ4n) is 3.66. The highest BCUT2D eigenvalue weighted by molar-refractivity contribution is 6.00. The summed E-state index contributed by atoms with van der Waals surface area (Å²) in [6, 6.07) is 16.1. The van der Waals surface area contributed by atoms with Gasteiger partial charge in [0.1, 0.15) is 0 Å². The van der Waals surface area contributed by atoms with Crippen molar-refractivity contribution in [3.8, 4) is 17.2 Å². The number of anilines is 3. The average molecular weight is 515 g/mol. The zero-order chi connectivity index (χ0) is 29.0. The van der Waals surface area contributed by atoms with E-state index in [1.54, 1.807) is 24.3 Å². The van der Waals surface area contributed by atoms with Crippen molar-refractivity contribution in [1.29, 1.82) is 0 Å². The van der Waals surface area contributed by atoms with Gasteiger partial charge in [0, 0.05) is 23.1 Å². The molecule has 2 amide bonds. The molecule has 11 heteroatoms. The normalized spacial score (nSPS) is 14.3. The zero-order valence-electron chi connectivity index (χ0n) is 23.3. The van der Waals surface area contributed by atoms with Crippen LogP contribution in [0.3, 0.4) is 0 Å². The summed E-state index contributed by atoms with van der Waals surface area (Å²) in [7, 11) is 1.45. The maximum Gasteiger partial charge on any atom is 0.273 e. The van der Waals surface area contributed by atoms with Gasteiger partial charge < -0.3 is 25.2 Å². The Hall–Kier alpha value is -5.06. The molecule has 0 atom stereocenters. The number of nitrogens with zero attached hydrogens (tertiary/aromatic N) is 4. The lowest BCUT2D eigenvalue weighted by Gasteiger charge is -2.15. The molecule has 0 aliphatic heterocycles. The summed E-state index contributed by atoms with van der Waals surface area (Å²) in [6.45, 7) is -2.75. The van der Waals surface area contributed by atoms with E-state index in [1.165, 1.54) is 13.2 Å². The van der Waals surface area contributed by atoms with Crippen LogP contribution in [0, 0.1) is 5.92 Å². The first kappa shape index (κ1) is 21.1. The first-order valence-corrected chi connectivity index (χ1v) is 11.7. The Morgan fingerprint density at radius 3 is 2.68 bits per heavy atom. The van der Waals surface area contributed by atoms with Crippen molar-refractivity contribution in [2.45, 2.75) is 12.8 Å². The topological polar surface area (TPSA) is 144 Å². The lowest BCUT2D eigenvalue weighted by atomic mass is 10.1. The second-order valence-electron chi connectivity index (χ2n) is 8.42. The third-order valence-electron chi connectivity index (χ3n) is 5.71. The fourth-order valence-corrected chi connectivity index (χ4v) is 3.66. The third kappa shape index (κ3) is 5.51. The molecule has 38 heavy (non-hydrogen) atoms. The number of nitrogens with one attached hydrogen (secondary N) is 3. The van der Waals surface area contributed by atoms with E-state index in [0.717, 1.165) is 18.4 Å². The molecule has 0 spiro atoms. The smallest absolute Gasteiger partial charge is 0.273 e. The Morgan fingerprint density at radius 1 is 1.08 bits per heavy atom. The first-order valence-electron chi connectivity index (χ1n) is 13.2. The molecule has 192 valence electrons. The van der Waals surface area contributed by atoms with Gasteiger partial charge in [0.05, 0.1) is 24.0 Å². The molecule has 4 aromatic rings. The van der Waals surface area contributed by atoms with Crippen LogP contribution in [0.15, 0.2) is 59.1 Å². The number of rotatable bonds is 9. The van der Waals surface area contributed by atoms with Gasteiger partial charge in [-0.15, -0.1) is 10.2 Å². The number of ether oxygens (including phenoxy) is 1. The molecule has 2 aromatic heterocycles. The van der Waals surface area contributed by atoms with Crippen molar-refractivity contribution in [1.82, 2.24) is 25.7 Å². The number of methoxy groups -OCH3 is 1. The highest BCUT2D eigenvalue weighted by Gasteiger charge is 2.30. The maximum atomic E-state index is 12.8. The molecule has 5 rings (SSSR count). The van der Waals surface area contributed by atoms with Gasteiger partial charge in [-0.05, 0) is 36.6 Å². The van der Waals surface area contributed by atoms with Crippen molar-refractivity contribution >= 4 is 41.2 Å². The second-order valence-corrected chi connectivity index (χ2v) is 8.42. The molecular formula is C27H25N7O4. The van der Waals surface area contributed by atoms with Gasteiger partial charge in [-0.2, -0.15) is 4.98 Å². The number of hydrogen-bond acceptors (Lipinski definition) is 9. The molecular weight excluding hydrogens is 486 g/mol. The molecule has 1 aliphatic carbocycles. The summed E-state index contributed by atoms with van der Waals surface area (Å²) in [6.07, 6.45) is 5.14. The molecule has 11 nitrogen and oxygen atoms in total. The van der Waals surface area contributed by atoms with E-state index in [9.17, 15) is 9.59 Å². The average Bonchev–Trinajstić information content (AvgIpc) is 3.69. The van der Waals surface area contributed by atoms with E-state index in [4.69, 9.17) is 13.4 Å². The molecule has 2 aromatic carbocycles. The monoisotopic (exact) mass is 514 g/mol. The molecule has 0 unspecified atom stereocenters. The molecule has 2 heterocycles. The van der Waals surface area contributed by atoms with Crippen LogP contribution in [-0.2, 0) is 4.79 Å².